The van der Waals surface area contributed by atoms with Crippen LogP contribution in [0.4, 0.5) is 10.5 Å². The van der Waals surface area contributed by atoms with Crippen molar-refractivity contribution in [3.8, 4) is 5.75 Å². The number of rotatable bonds is 7. The van der Waals surface area contributed by atoms with Crippen LogP contribution >= 0.6 is 11.3 Å². The van der Waals surface area contributed by atoms with E-state index in [9.17, 15) is 9.59 Å². The van der Waals surface area contributed by atoms with Gasteiger partial charge in [0.05, 0.1) is 29.6 Å². The zero-order chi connectivity index (χ0) is 20.8. The zero-order valence-electron chi connectivity index (χ0n) is 16.5. The first-order chi connectivity index (χ1) is 14.0. The van der Waals surface area contributed by atoms with Gasteiger partial charge in [0, 0.05) is 6.92 Å². The molecule has 3 aromatic rings. The number of anilines is 1. The Bertz CT molecular complexity index is 984. The van der Waals surface area contributed by atoms with E-state index in [4.69, 9.17) is 14.2 Å². The SMILES string of the molecule is COC(=O)N(CCOC(C)=O)c1ccc(OCc2nc3ccccc3s2)cc1C. The minimum absolute atomic E-state index is 0.0831. The molecule has 1 heterocycles. The normalized spacial score (nSPS) is 10.6. The van der Waals surface area contributed by atoms with Crippen molar-refractivity contribution in [3.05, 3.63) is 53.0 Å². The molecule has 7 nitrogen and oxygen atoms in total. The minimum atomic E-state index is -0.525. The Kier molecular flexibility index (Phi) is 6.66. The molecule has 2 aromatic carbocycles. The number of amides is 1. The molecule has 0 aliphatic heterocycles. The van der Waals surface area contributed by atoms with Gasteiger partial charge in [0.2, 0.25) is 0 Å². The molecular formula is C21H22N2O5S. The van der Waals surface area contributed by atoms with E-state index in [0.717, 1.165) is 20.8 Å². The van der Waals surface area contributed by atoms with Crippen molar-refractivity contribution >= 4 is 39.3 Å². The van der Waals surface area contributed by atoms with Crippen LogP contribution in [-0.2, 0) is 20.9 Å². The Morgan fingerprint density at radius 2 is 1.97 bits per heavy atom. The third-order valence-electron chi connectivity index (χ3n) is 4.17. The highest BCUT2D eigenvalue weighted by molar-refractivity contribution is 7.18. The van der Waals surface area contributed by atoms with E-state index < -0.39 is 12.1 Å². The molecule has 0 saturated heterocycles. The molecule has 0 spiro atoms. The molecule has 8 heteroatoms. The lowest BCUT2D eigenvalue weighted by molar-refractivity contribution is -0.140. The predicted molar refractivity (Wildman–Crippen MR) is 112 cm³/mol. The number of nitrogens with zero attached hydrogens (tertiary/aromatic N) is 2. The second-order valence-electron chi connectivity index (χ2n) is 6.27. The van der Waals surface area contributed by atoms with Crippen molar-refractivity contribution in [2.24, 2.45) is 0 Å². The van der Waals surface area contributed by atoms with Crippen molar-refractivity contribution in [3.63, 3.8) is 0 Å². The number of methoxy groups -OCH3 is 1. The fourth-order valence-electron chi connectivity index (χ4n) is 2.85. The number of aromatic nitrogens is 1. The van der Waals surface area contributed by atoms with E-state index in [1.54, 1.807) is 23.5 Å². The Morgan fingerprint density at radius 3 is 2.66 bits per heavy atom. The van der Waals surface area contributed by atoms with E-state index in [1.807, 2.05) is 37.3 Å². The van der Waals surface area contributed by atoms with E-state index in [1.165, 1.54) is 18.9 Å². The van der Waals surface area contributed by atoms with Crippen LogP contribution in [0.15, 0.2) is 42.5 Å². The maximum absolute atomic E-state index is 12.1. The third-order valence-corrected chi connectivity index (χ3v) is 5.18. The first kappa shape index (κ1) is 20.6. The molecule has 0 unspecified atom stereocenters. The second-order valence-corrected chi connectivity index (χ2v) is 7.39. The Hall–Kier alpha value is -3.13. The van der Waals surface area contributed by atoms with Crippen molar-refractivity contribution in [2.45, 2.75) is 20.5 Å². The first-order valence-electron chi connectivity index (χ1n) is 9.04. The van der Waals surface area contributed by atoms with Gasteiger partial charge < -0.3 is 14.2 Å². The summed E-state index contributed by atoms with van der Waals surface area (Å²) in [7, 11) is 1.31. The summed E-state index contributed by atoms with van der Waals surface area (Å²) in [4.78, 5) is 29.1. The minimum Gasteiger partial charge on any atom is -0.486 e. The van der Waals surface area contributed by atoms with Gasteiger partial charge in [-0.3, -0.25) is 9.69 Å². The van der Waals surface area contributed by atoms with Crippen LogP contribution in [-0.4, -0.2) is 37.3 Å². The molecule has 0 radical (unpaired) electrons. The number of benzene rings is 2. The summed E-state index contributed by atoms with van der Waals surface area (Å²) in [6.07, 6.45) is -0.525. The van der Waals surface area contributed by atoms with Crippen LogP contribution in [0.3, 0.4) is 0 Å². The summed E-state index contributed by atoms with van der Waals surface area (Å²) >= 11 is 1.60. The van der Waals surface area contributed by atoms with Crippen LogP contribution in [0, 0.1) is 6.92 Å². The van der Waals surface area contributed by atoms with Crippen LogP contribution in [0.25, 0.3) is 10.2 Å². The van der Waals surface area contributed by atoms with Gasteiger partial charge >= 0.3 is 12.1 Å². The molecule has 0 aliphatic rings. The van der Waals surface area contributed by atoms with Gasteiger partial charge in [0.25, 0.3) is 0 Å². The molecule has 0 bridgehead atoms. The maximum atomic E-state index is 12.1. The van der Waals surface area contributed by atoms with Gasteiger partial charge in [-0.15, -0.1) is 11.3 Å². The third kappa shape index (κ3) is 5.23. The molecule has 1 amide bonds. The molecule has 152 valence electrons. The zero-order valence-corrected chi connectivity index (χ0v) is 17.3. The largest absolute Gasteiger partial charge is 0.486 e. The highest BCUT2D eigenvalue weighted by Gasteiger charge is 2.19. The number of hydrogen-bond acceptors (Lipinski definition) is 7. The average molecular weight is 414 g/mol. The smallest absolute Gasteiger partial charge is 0.414 e. The highest BCUT2D eigenvalue weighted by Crippen LogP contribution is 2.27. The van der Waals surface area contributed by atoms with Crippen molar-refractivity contribution in [2.75, 3.05) is 25.2 Å². The lowest BCUT2D eigenvalue weighted by Gasteiger charge is -2.23. The number of para-hydroxylation sites is 1. The monoisotopic (exact) mass is 414 g/mol. The average Bonchev–Trinajstić information content (AvgIpc) is 3.12. The molecule has 29 heavy (non-hydrogen) atoms. The lowest BCUT2D eigenvalue weighted by Crippen LogP contribution is -2.34. The summed E-state index contributed by atoms with van der Waals surface area (Å²) in [6.45, 7) is 3.84. The Labute approximate surface area is 172 Å². The van der Waals surface area contributed by atoms with Gasteiger partial charge in [-0.2, -0.15) is 0 Å². The fraction of sp³-hybridized carbons (Fsp3) is 0.286. The van der Waals surface area contributed by atoms with E-state index in [0.29, 0.717) is 18.0 Å². The Balaban J connectivity index is 1.70. The molecule has 0 fully saturated rings. The molecular weight excluding hydrogens is 392 g/mol. The van der Waals surface area contributed by atoms with Gasteiger partial charge in [0.15, 0.2) is 0 Å². The molecule has 0 N–H and O–H groups in total. The molecule has 0 atom stereocenters. The number of hydrogen-bond donors (Lipinski definition) is 0. The number of ether oxygens (including phenoxy) is 3. The standard InChI is InChI=1S/C21H22N2O5S/c1-14-12-16(28-13-20-22-17-6-4-5-7-19(17)29-20)8-9-18(14)23(21(25)26-3)10-11-27-15(2)24/h4-9,12H,10-11,13H2,1-3H3. The predicted octanol–water partition coefficient (Wildman–Crippen LogP) is 4.32. The summed E-state index contributed by atoms with van der Waals surface area (Å²) in [5.41, 5.74) is 2.46. The summed E-state index contributed by atoms with van der Waals surface area (Å²) in [6, 6.07) is 13.4. The van der Waals surface area contributed by atoms with E-state index in [2.05, 4.69) is 4.98 Å². The maximum Gasteiger partial charge on any atom is 0.414 e. The first-order valence-corrected chi connectivity index (χ1v) is 9.86. The molecule has 0 aliphatic carbocycles. The van der Waals surface area contributed by atoms with Crippen LogP contribution in [0.5, 0.6) is 5.75 Å². The quantitative estimate of drug-likeness (QED) is 0.536. The van der Waals surface area contributed by atoms with Crippen LogP contribution < -0.4 is 9.64 Å². The van der Waals surface area contributed by atoms with Gasteiger partial charge in [-0.25, -0.2) is 9.78 Å². The van der Waals surface area contributed by atoms with Crippen LogP contribution in [0.2, 0.25) is 0 Å². The number of fused-ring (bicyclic) bond motifs is 1. The fourth-order valence-corrected chi connectivity index (χ4v) is 3.73. The summed E-state index contributed by atoms with van der Waals surface area (Å²) < 4.78 is 16.8. The number of esters is 1. The topological polar surface area (TPSA) is 78.0 Å². The van der Waals surface area contributed by atoms with E-state index in [-0.39, 0.29) is 13.2 Å². The van der Waals surface area contributed by atoms with Gasteiger partial charge in [-0.1, -0.05) is 12.1 Å². The van der Waals surface area contributed by atoms with E-state index >= 15 is 0 Å². The number of carbonyl (C=O) groups excluding carboxylic acids is 2. The summed E-state index contributed by atoms with van der Waals surface area (Å²) in [5, 5.41) is 0.894. The van der Waals surface area contributed by atoms with Gasteiger partial charge in [0.1, 0.15) is 24.0 Å². The number of carbonyl (C=O) groups is 2. The van der Waals surface area contributed by atoms with Crippen LogP contribution in [0.1, 0.15) is 17.5 Å². The molecule has 3 rings (SSSR count). The summed E-state index contributed by atoms with van der Waals surface area (Å²) in [5.74, 6) is 0.278. The second kappa shape index (κ2) is 9.38. The lowest BCUT2D eigenvalue weighted by atomic mass is 10.1. The van der Waals surface area contributed by atoms with Gasteiger partial charge in [-0.05, 0) is 42.8 Å². The Morgan fingerprint density at radius 1 is 1.17 bits per heavy atom. The van der Waals surface area contributed by atoms with Crippen molar-refractivity contribution < 1.29 is 23.8 Å². The highest BCUT2D eigenvalue weighted by atomic mass is 32.1. The number of thiazole rings is 1. The van der Waals surface area contributed by atoms with Crippen molar-refractivity contribution in [1.29, 1.82) is 0 Å². The molecule has 0 saturated carbocycles. The number of aryl methyl sites for hydroxylation is 1. The van der Waals surface area contributed by atoms with Crippen molar-refractivity contribution in [1.82, 2.24) is 4.98 Å². The molecule has 1 aromatic heterocycles.